The van der Waals surface area contributed by atoms with Crippen LogP contribution in [-0.2, 0) is 22.4 Å². The Hall–Kier alpha value is -2.79. The molecule has 0 unspecified atom stereocenters. The predicted octanol–water partition coefficient (Wildman–Crippen LogP) is 4.62. The van der Waals surface area contributed by atoms with Gasteiger partial charge in [-0.2, -0.15) is 0 Å². The van der Waals surface area contributed by atoms with Crippen molar-refractivity contribution in [2.24, 2.45) is 0 Å². The van der Waals surface area contributed by atoms with Crippen LogP contribution in [-0.4, -0.2) is 13.1 Å². The van der Waals surface area contributed by atoms with Crippen molar-refractivity contribution in [2.45, 2.75) is 31.8 Å². The molecule has 0 bridgehead atoms. The van der Waals surface area contributed by atoms with Gasteiger partial charge >= 0.3 is 11.6 Å². The fourth-order valence-electron chi connectivity index (χ4n) is 3.65. The Bertz CT molecular complexity index is 1090. The van der Waals surface area contributed by atoms with Gasteiger partial charge in [0.1, 0.15) is 11.3 Å². The Balaban J connectivity index is 1.79. The number of aryl methyl sites for hydroxylation is 1. The summed E-state index contributed by atoms with van der Waals surface area (Å²) in [7, 11) is 1.30. The molecular formula is C22H19ClO5. The largest absolute Gasteiger partial charge is 0.472 e. The zero-order valence-corrected chi connectivity index (χ0v) is 16.1. The van der Waals surface area contributed by atoms with E-state index in [-0.39, 0.29) is 11.4 Å². The summed E-state index contributed by atoms with van der Waals surface area (Å²) < 4.78 is 16.3. The van der Waals surface area contributed by atoms with Crippen LogP contribution in [0.15, 0.2) is 51.7 Å². The van der Waals surface area contributed by atoms with Crippen molar-refractivity contribution in [2.75, 3.05) is 7.11 Å². The highest BCUT2D eigenvalue weighted by Gasteiger charge is 2.26. The van der Waals surface area contributed by atoms with Gasteiger partial charge in [-0.1, -0.05) is 41.9 Å². The number of benzene rings is 2. The third-order valence-electron chi connectivity index (χ3n) is 5.04. The minimum absolute atomic E-state index is 0.257. The van der Waals surface area contributed by atoms with Crippen LogP contribution in [0, 0.1) is 0 Å². The summed E-state index contributed by atoms with van der Waals surface area (Å²) in [5, 5.41) is 1.17. The van der Waals surface area contributed by atoms with E-state index in [1.54, 1.807) is 24.3 Å². The van der Waals surface area contributed by atoms with E-state index in [2.05, 4.69) is 0 Å². The maximum atomic E-state index is 12.4. The summed E-state index contributed by atoms with van der Waals surface area (Å²) in [6, 6.07) is 12.3. The summed E-state index contributed by atoms with van der Waals surface area (Å²) in [6.45, 7) is 0. The van der Waals surface area contributed by atoms with Crippen molar-refractivity contribution >= 4 is 28.5 Å². The van der Waals surface area contributed by atoms with E-state index in [4.69, 9.17) is 25.5 Å². The second-order valence-corrected chi connectivity index (χ2v) is 7.17. The number of carbonyl (C=O) groups is 1. The highest BCUT2D eigenvalue weighted by atomic mass is 35.5. The van der Waals surface area contributed by atoms with Gasteiger partial charge in [0.15, 0.2) is 0 Å². The summed E-state index contributed by atoms with van der Waals surface area (Å²) in [5.41, 5.74) is 2.46. The van der Waals surface area contributed by atoms with Crippen molar-refractivity contribution in [1.29, 1.82) is 0 Å². The molecule has 0 saturated carbocycles. The number of esters is 1. The summed E-state index contributed by atoms with van der Waals surface area (Å²) in [5.74, 6) is -0.290. The first-order chi connectivity index (χ1) is 13.6. The fraction of sp³-hybridized carbons (Fsp3) is 0.273. The van der Waals surface area contributed by atoms with Gasteiger partial charge in [-0.05, 0) is 37.3 Å². The van der Waals surface area contributed by atoms with Crippen LogP contribution in [0.1, 0.15) is 35.6 Å². The second-order valence-electron chi connectivity index (χ2n) is 6.76. The number of ether oxygens (including phenoxy) is 2. The van der Waals surface area contributed by atoms with E-state index in [0.29, 0.717) is 16.2 Å². The van der Waals surface area contributed by atoms with Gasteiger partial charge in [-0.3, -0.25) is 0 Å². The highest BCUT2D eigenvalue weighted by molar-refractivity contribution is 6.32. The molecule has 5 nitrogen and oxygen atoms in total. The maximum absolute atomic E-state index is 12.4. The van der Waals surface area contributed by atoms with E-state index >= 15 is 0 Å². The molecule has 1 atom stereocenters. The molecule has 28 heavy (non-hydrogen) atoms. The van der Waals surface area contributed by atoms with Gasteiger partial charge in [-0.15, -0.1) is 0 Å². The van der Waals surface area contributed by atoms with Crippen LogP contribution in [0.3, 0.4) is 0 Å². The lowest BCUT2D eigenvalue weighted by molar-refractivity contribution is -0.149. The van der Waals surface area contributed by atoms with Crippen molar-refractivity contribution < 1.29 is 18.7 Å². The standard InChI is InChI=1S/C22H19ClO5/c1-26-22(25)20(13-7-3-2-4-8-13)27-19-12-18-16(11-17(19)23)14-9-5-6-10-15(14)21(24)28-18/h2-4,7-8,11-12,20H,5-6,9-10H2,1H3/t20-/m0/s1. The number of fused-ring (bicyclic) bond motifs is 3. The van der Waals surface area contributed by atoms with Gasteiger partial charge in [0.05, 0.1) is 12.1 Å². The molecule has 0 N–H and O–H groups in total. The lowest BCUT2D eigenvalue weighted by Crippen LogP contribution is -2.20. The Morgan fingerprint density at radius 2 is 1.82 bits per heavy atom. The molecule has 2 aromatic carbocycles. The smallest absolute Gasteiger partial charge is 0.351 e. The predicted molar refractivity (Wildman–Crippen MR) is 106 cm³/mol. The van der Waals surface area contributed by atoms with Gasteiger partial charge in [-0.25, -0.2) is 9.59 Å². The monoisotopic (exact) mass is 398 g/mol. The van der Waals surface area contributed by atoms with Crippen molar-refractivity contribution in [3.05, 3.63) is 74.6 Å². The minimum atomic E-state index is -0.981. The van der Waals surface area contributed by atoms with Gasteiger partial charge in [0.2, 0.25) is 6.10 Å². The summed E-state index contributed by atoms with van der Waals surface area (Å²) in [4.78, 5) is 24.6. The lowest BCUT2D eigenvalue weighted by atomic mass is 9.90. The molecule has 6 heteroatoms. The van der Waals surface area contributed by atoms with Crippen LogP contribution in [0.4, 0.5) is 0 Å². The molecule has 0 spiro atoms. The zero-order valence-electron chi connectivity index (χ0n) is 15.4. The summed E-state index contributed by atoms with van der Waals surface area (Å²) >= 11 is 6.47. The molecule has 3 aromatic rings. The van der Waals surface area contributed by atoms with E-state index in [1.807, 2.05) is 18.2 Å². The molecule has 1 aliphatic carbocycles. The SMILES string of the molecule is COC(=O)[C@@H](Oc1cc2oc(=O)c3c(c2cc1Cl)CCCC3)c1ccccc1. The third-order valence-corrected chi connectivity index (χ3v) is 5.33. The molecule has 1 aliphatic rings. The molecule has 144 valence electrons. The molecular weight excluding hydrogens is 380 g/mol. The Morgan fingerprint density at radius 3 is 2.54 bits per heavy atom. The van der Waals surface area contributed by atoms with E-state index < -0.39 is 12.1 Å². The topological polar surface area (TPSA) is 65.7 Å². The quantitative estimate of drug-likeness (QED) is 0.474. The first-order valence-electron chi connectivity index (χ1n) is 9.16. The Kier molecular flexibility index (Phi) is 5.09. The molecule has 0 radical (unpaired) electrons. The van der Waals surface area contributed by atoms with E-state index in [1.165, 1.54) is 7.11 Å². The Morgan fingerprint density at radius 1 is 1.11 bits per heavy atom. The number of halogens is 1. The van der Waals surface area contributed by atoms with Gasteiger partial charge < -0.3 is 13.9 Å². The molecule has 1 heterocycles. The third kappa shape index (κ3) is 3.38. The van der Waals surface area contributed by atoms with Crippen LogP contribution in [0.5, 0.6) is 5.75 Å². The first kappa shape index (κ1) is 18.6. The second kappa shape index (κ2) is 7.68. The molecule has 0 aliphatic heterocycles. The van der Waals surface area contributed by atoms with Gasteiger partial charge in [0, 0.05) is 22.6 Å². The fourth-order valence-corrected chi connectivity index (χ4v) is 3.86. The number of carbonyl (C=O) groups excluding carboxylic acids is 1. The highest BCUT2D eigenvalue weighted by Crippen LogP contribution is 2.36. The summed E-state index contributed by atoms with van der Waals surface area (Å²) in [6.07, 6.45) is 2.58. The van der Waals surface area contributed by atoms with E-state index in [0.717, 1.165) is 42.2 Å². The van der Waals surface area contributed by atoms with Crippen molar-refractivity contribution in [3.8, 4) is 5.75 Å². The number of rotatable bonds is 4. The van der Waals surface area contributed by atoms with E-state index in [9.17, 15) is 9.59 Å². The molecule has 0 saturated heterocycles. The zero-order chi connectivity index (χ0) is 19.7. The van der Waals surface area contributed by atoms with Crippen molar-refractivity contribution in [3.63, 3.8) is 0 Å². The first-order valence-corrected chi connectivity index (χ1v) is 9.54. The van der Waals surface area contributed by atoms with Crippen molar-refractivity contribution in [1.82, 2.24) is 0 Å². The number of methoxy groups -OCH3 is 1. The normalized spacial score (nSPS) is 14.4. The minimum Gasteiger partial charge on any atom is -0.472 e. The van der Waals surface area contributed by atoms with Crippen LogP contribution in [0.25, 0.3) is 11.0 Å². The van der Waals surface area contributed by atoms with Crippen LogP contribution in [0.2, 0.25) is 5.02 Å². The lowest BCUT2D eigenvalue weighted by Gasteiger charge is -2.20. The number of hydrogen-bond donors (Lipinski definition) is 0. The Labute approximate surface area is 166 Å². The average Bonchev–Trinajstić information content (AvgIpc) is 2.73. The number of hydrogen-bond acceptors (Lipinski definition) is 5. The average molecular weight is 399 g/mol. The van der Waals surface area contributed by atoms with Crippen LogP contribution < -0.4 is 10.4 Å². The molecule has 0 fully saturated rings. The maximum Gasteiger partial charge on any atom is 0.351 e. The van der Waals surface area contributed by atoms with Crippen LogP contribution >= 0.6 is 11.6 Å². The van der Waals surface area contributed by atoms with Gasteiger partial charge in [0.25, 0.3) is 0 Å². The molecule has 0 amide bonds. The molecule has 4 rings (SSSR count). The molecule has 1 aromatic heterocycles.